The molecule has 7 nitrogen and oxygen atoms in total. The van der Waals surface area contributed by atoms with Gasteiger partial charge in [-0.25, -0.2) is 4.98 Å². The highest BCUT2D eigenvalue weighted by molar-refractivity contribution is 5.70. The third kappa shape index (κ3) is 8.62. The third-order valence-electron chi connectivity index (χ3n) is 7.70. The fourth-order valence-corrected chi connectivity index (χ4v) is 5.23. The lowest BCUT2D eigenvalue weighted by Crippen LogP contribution is -2.40. The van der Waals surface area contributed by atoms with E-state index in [2.05, 4.69) is 71.4 Å². The standard InChI is InChI=1S/C33H47N5O2/c1-7-10-29-22-37(16-12-27(29)9-3)23-31(39-6)21-36-33-20-28(11-15-35-33)26(5)19-32(25(4)8-2)38(24-34)30-13-17-40-18-14-30/h7-11,15,19-20,24,30-31,34H,2-3,12-14,16-18,21-23H2,1,4-6H3,(H,35,36)/b10-7-,26-19+,32-25+,34-24?. The van der Waals surface area contributed by atoms with E-state index in [9.17, 15) is 0 Å². The fraction of sp³-hybridized carbons (Fsp3) is 0.455. The van der Waals surface area contributed by atoms with Gasteiger partial charge in [-0.2, -0.15) is 0 Å². The van der Waals surface area contributed by atoms with Gasteiger partial charge in [0.1, 0.15) is 5.82 Å². The van der Waals surface area contributed by atoms with Crippen LogP contribution in [0, 0.1) is 5.41 Å². The minimum absolute atomic E-state index is 0.0321. The van der Waals surface area contributed by atoms with Gasteiger partial charge in [-0.3, -0.25) is 10.3 Å². The van der Waals surface area contributed by atoms with Crippen molar-refractivity contribution in [3.05, 3.63) is 89.8 Å². The Labute approximate surface area is 241 Å². The van der Waals surface area contributed by atoms with E-state index in [1.54, 1.807) is 7.11 Å². The molecular formula is C33H47N5O2. The maximum absolute atomic E-state index is 8.15. The molecule has 0 radical (unpaired) electrons. The Morgan fingerprint density at radius 3 is 2.73 bits per heavy atom. The summed E-state index contributed by atoms with van der Waals surface area (Å²) in [6.07, 6.45) is 16.4. The molecule has 1 saturated heterocycles. The van der Waals surface area contributed by atoms with Crippen molar-refractivity contribution in [1.82, 2.24) is 14.8 Å². The van der Waals surface area contributed by atoms with Crippen molar-refractivity contribution in [1.29, 1.82) is 5.41 Å². The number of nitrogens with zero attached hydrogens (tertiary/aromatic N) is 3. The molecule has 1 unspecified atom stereocenters. The van der Waals surface area contributed by atoms with E-state index in [0.29, 0.717) is 6.54 Å². The minimum Gasteiger partial charge on any atom is -0.381 e. The highest BCUT2D eigenvalue weighted by Crippen LogP contribution is 2.26. The molecule has 0 amide bonds. The highest BCUT2D eigenvalue weighted by atomic mass is 16.5. The molecule has 40 heavy (non-hydrogen) atoms. The second kappa shape index (κ2) is 16.1. The van der Waals surface area contributed by atoms with E-state index in [0.717, 1.165) is 80.3 Å². The topological polar surface area (TPSA) is 73.7 Å². The van der Waals surface area contributed by atoms with Crippen LogP contribution in [0.25, 0.3) is 5.57 Å². The number of hydrogen-bond acceptors (Lipinski definition) is 6. The molecule has 7 heteroatoms. The van der Waals surface area contributed by atoms with Crippen LogP contribution in [0.4, 0.5) is 5.82 Å². The highest BCUT2D eigenvalue weighted by Gasteiger charge is 2.23. The molecule has 0 bridgehead atoms. The van der Waals surface area contributed by atoms with Crippen LogP contribution in [0.5, 0.6) is 0 Å². The van der Waals surface area contributed by atoms with Crippen LogP contribution >= 0.6 is 0 Å². The van der Waals surface area contributed by atoms with E-state index in [1.807, 2.05) is 31.3 Å². The van der Waals surface area contributed by atoms with Gasteiger partial charge >= 0.3 is 0 Å². The largest absolute Gasteiger partial charge is 0.381 e. The Kier molecular flexibility index (Phi) is 12.6. The summed E-state index contributed by atoms with van der Waals surface area (Å²) in [5.41, 5.74) is 6.87. The van der Waals surface area contributed by atoms with Crippen molar-refractivity contribution < 1.29 is 9.47 Å². The molecule has 0 aromatic carbocycles. The first-order valence-electron chi connectivity index (χ1n) is 14.2. The van der Waals surface area contributed by atoms with Gasteiger partial charge in [-0.05, 0) is 86.1 Å². The second-order valence-corrected chi connectivity index (χ2v) is 10.4. The summed E-state index contributed by atoms with van der Waals surface area (Å²) < 4.78 is 11.4. The van der Waals surface area contributed by atoms with Crippen molar-refractivity contribution in [3.63, 3.8) is 0 Å². The van der Waals surface area contributed by atoms with E-state index in [1.165, 1.54) is 17.5 Å². The number of pyridine rings is 1. The molecule has 1 aromatic rings. The fourth-order valence-electron chi connectivity index (χ4n) is 5.23. The third-order valence-corrected chi connectivity index (χ3v) is 7.70. The number of allylic oxidation sites excluding steroid dienone is 6. The molecule has 216 valence electrons. The summed E-state index contributed by atoms with van der Waals surface area (Å²) in [5.74, 6) is 0.814. The maximum atomic E-state index is 8.15. The predicted octanol–water partition coefficient (Wildman–Crippen LogP) is 6.22. The summed E-state index contributed by atoms with van der Waals surface area (Å²) in [5, 5.41) is 11.6. The molecule has 0 spiro atoms. The summed E-state index contributed by atoms with van der Waals surface area (Å²) in [4.78, 5) is 9.06. The zero-order valence-corrected chi connectivity index (χ0v) is 24.8. The molecule has 0 saturated carbocycles. The van der Waals surface area contributed by atoms with Crippen molar-refractivity contribution in [2.24, 2.45) is 0 Å². The summed E-state index contributed by atoms with van der Waals surface area (Å²) in [6.45, 7) is 19.0. The van der Waals surface area contributed by atoms with Gasteiger partial charge in [0.15, 0.2) is 0 Å². The van der Waals surface area contributed by atoms with Gasteiger partial charge in [0.2, 0.25) is 0 Å². The number of aromatic nitrogens is 1. The first kappa shape index (κ1) is 31.3. The van der Waals surface area contributed by atoms with E-state index < -0.39 is 0 Å². The van der Waals surface area contributed by atoms with Crippen molar-refractivity contribution in [2.45, 2.75) is 52.2 Å². The Bertz CT molecular complexity index is 1140. The predicted molar refractivity (Wildman–Crippen MR) is 168 cm³/mol. The lowest BCUT2D eigenvalue weighted by molar-refractivity contribution is 0.0633. The summed E-state index contributed by atoms with van der Waals surface area (Å²) in [6, 6.07) is 4.34. The molecule has 3 rings (SSSR count). The number of ether oxygens (including phenoxy) is 2. The summed E-state index contributed by atoms with van der Waals surface area (Å²) >= 11 is 0. The van der Waals surface area contributed by atoms with Gasteiger partial charge < -0.3 is 19.7 Å². The van der Waals surface area contributed by atoms with Gasteiger partial charge in [0, 0.05) is 64.4 Å². The average molecular weight is 546 g/mol. The molecule has 0 aliphatic carbocycles. The number of nitrogens with one attached hydrogen (secondary N) is 2. The number of methoxy groups -OCH3 is 1. The van der Waals surface area contributed by atoms with Crippen molar-refractivity contribution in [2.75, 3.05) is 51.8 Å². The van der Waals surface area contributed by atoms with Gasteiger partial charge in [-0.1, -0.05) is 37.5 Å². The molecule has 2 aliphatic rings. The Morgan fingerprint density at radius 1 is 1.30 bits per heavy atom. The van der Waals surface area contributed by atoms with Crippen LogP contribution < -0.4 is 5.32 Å². The Balaban J connectivity index is 1.69. The van der Waals surface area contributed by atoms with Gasteiger partial charge in [0.05, 0.1) is 12.4 Å². The average Bonchev–Trinajstić information content (AvgIpc) is 2.99. The zero-order valence-electron chi connectivity index (χ0n) is 24.8. The van der Waals surface area contributed by atoms with Crippen molar-refractivity contribution >= 4 is 17.7 Å². The number of hydrogen-bond donors (Lipinski definition) is 2. The maximum Gasteiger partial charge on any atom is 0.126 e. The van der Waals surface area contributed by atoms with E-state index in [-0.39, 0.29) is 12.1 Å². The molecular weight excluding hydrogens is 498 g/mol. The molecule has 1 atom stereocenters. The van der Waals surface area contributed by atoms with Crippen LogP contribution in [0.15, 0.2) is 84.3 Å². The minimum atomic E-state index is 0.0321. The molecule has 3 heterocycles. The van der Waals surface area contributed by atoms with Crippen LogP contribution in [-0.4, -0.2) is 79.8 Å². The lowest BCUT2D eigenvalue weighted by atomic mass is 9.99. The van der Waals surface area contributed by atoms with Gasteiger partial charge in [0.25, 0.3) is 0 Å². The molecule has 1 fully saturated rings. The number of anilines is 1. The van der Waals surface area contributed by atoms with Crippen molar-refractivity contribution in [3.8, 4) is 0 Å². The molecule has 2 aliphatic heterocycles. The first-order valence-corrected chi connectivity index (χ1v) is 14.2. The Hall–Kier alpha value is -3.26. The van der Waals surface area contributed by atoms with Crippen LogP contribution in [0.1, 0.15) is 45.6 Å². The zero-order chi connectivity index (χ0) is 28.9. The molecule has 2 N–H and O–H groups in total. The summed E-state index contributed by atoms with van der Waals surface area (Å²) in [7, 11) is 1.77. The normalized spacial score (nSPS) is 18.9. The van der Waals surface area contributed by atoms with Crippen LogP contribution in [0.2, 0.25) is 0 Å². The number of rotatable bonds is 14. The molecule has 1 aromatic heterocycles. The van der Waals surface area contributed by atoms with Gasteiger partial charge in [-0.15, -0.1) is 0 Å². The Morgan fingerprint density at radius 2 is 2.08 bits per heavy atom. The van der Waals surface area contributed by atoms with E-state index >= 15 is 0 Å². The first-order chi connectivity index (χ1) is 19.4. The van der Waals surface area contributed by atoms with Crippen LogP contribution in [0.3, 0.4) is 0 Å². The van der Waals surface area contributed by atoms with Crippen LogP contribution in [-0.2, 0) is 9.47 Å². The SMILES string of the molecule is C=CC1=C(/C=C\C)CN(CC(CNc2cc(/C(C)=C/C(=C(/C)C=C)N(C=N)C3CCOCC3)ccn2)OC)CC1. The smallest absolute Gasteiger partial charge is 0.126 e. The quantitative estimate of drug-likeness (QED) is 0.164. The van der Waals surface area contributed by atoms with E-state index in [4.69, 9.17) is 14.9 Å². The second-order valence-electron chi connectivity index (χ2n) is 10.4. The monoisotopic (exact) mass is 545 g/mol. The lowest BCUT2D eigenvalue weighted by Gasteiger charge is -2.34.